The maximum atomic E-state index is 12.1. The van der Waals surface area contributed by atoms with Crippen LogP contribution in [-0.2, 0) is 20.8 Å². The molecule has 128 valence electrons. The summed E-state index contributed by atoms with van der Waals surface area (Å²) in [6.45, 7) is 4.36. The first-order chi connectivity index (χ1) is 11.2. The largest absolute Gasteiger partial charge is 0.382 e. The number of ether oxygens (including phenoxy) is 3. The second-order valence-corrected chi connectivity index (χ2v) is 5.68. The predicted octanol–water partition coefficient (Wildman–Crippen LogP) is 2.54. The van der Waals surface area contributed by atoms with E-state index in [1.165, 1.54) is 0 Å². The number of nitrogens with one attached hydrogen (secondary N) is 2. The third-order valence-corrected chi connectivity index (χ3v) is 3.77. The minimum atomic E-state index is -0.217. The van der Waals surface area contributed by atoms with Crippen molar-refractivity contribution in [1.82, 2.24) is 5.32 Å². The molecular weight excluding hydrogens is 296 g/mol. The number of hydrogen-bond donors (Lipinski definition) is 2. The van der Waals surface area contributed by atoms with Gasteiger partial charge in [0.1, 0.15) is 0 Å². The van der Waals surface area contributed by atoms with Crippen LogP contribution in [0.4, 0.5) is 10.5 Å². The molecule has 2 atom stereocenters. The highest BCUT2D eigenvalue weighted by molar-refractivity contribution is 5.89. The smallest absolute Gasteiger partial charge is 0.319 e. The van der Waals surface area contributed by atoms with Crippen molar-refractivity contribution >= 4 is 11.7 Å². The molecule has 23 heavy (non-hydrogen) atoms. The molecule has 1 fully saturated rings. The highest BCUT2D eigenvalue weighted by Gasteiger charge is 2.23. The van der Waals surface area contributed by atoms with E-state index in [1.807, 2.05) is 31.2 Å². The average molecular weight is 322 g/mol. The van der Waals surface area contributed by atoms with E-state index in [9.17, 15) is 4.79 Å². The summed E-state index contributed by atoms with van der Waals surface area (Å²) in [5.74, 6) is 0. The zero-order valence-corrected chi connectivity index (χ0v) is 13.8. The molecule has 6 heteroatoms. The fraction of sp³-hybridized carbons (Fsp3) is 0.588. The van der Waals surface area contributed by atoms with Crippen LogP contribution in [0, 0.1) is 0 Å². The third kappa shape index (κ3) is 6.17. The van der Waals surface area contributed by atoms with Gasteiger partial charge in [-0.1, -0.05) is 12.1 Å². The molecule has 0 aliphatic carbocycles. The lowest BCUT2D eigenvalue weighted by Crippen LogP contribution is -2.42. The Balaban J connectivity index is 1.78. The summed E-state index contributed by atoms with van der Waals surface area (Å²) in [7, 11) is 1.64. The van der Waals surface area contributed by atoms with E-state index in [0.29, 0.717) is 19.8 Å². The molecule has 1 heterocycles. The maximum Gasteiger partial charge on any atom is 0.319 e. The zero-order chi connectivity index (χ0) is 16.5. The highest BCUT2D eigenvalue weighted by atomic mass is 16.5. The van der Waals surface area contributed by atoms with Crippen LogP contribution >= 0.6 is 0 Å². The Kier molecular flexibility index (Phi) is 7.32. The number of carbonyl (C=O) groups excluding carboxylic acids is 1. The van der Waals surface area contributed by atoms with Crippen molar-refractivity contribution in [1.29, 1.82) is 0 Å². The number of methoxy groups -OCH3 is 1. The van der Waals surface area contributed by atoms with Crippen molar-refractivity contribution in [3.8, 4) is 0 Å². The number of anilines is 1. The lowest BCUT2D eigenvalue weighted by Gasteiger charge is -2.20. The zero-order valence-electron chi connectivity index (χ0n) is 13.8. The lowest BCUT2D eigenvalue weighted by molar-refractivity contribution is 0.0617. The first-order valence-corrected chi connectivity index (χ1v) is 8.04. The molecule has 2 amide bonds. The van der Waals surface area contributed by atoms with Gasteiger partial charge in [-0.25, -0.2) is 4.79 Å². The molecule has 1 aromatic carbocycles. The van der Waals surface area contributed by atoms with Crippen molar-refractivity contribution in [2.75, 3.05) is 32.2 Å². The van der Waals surface area contributed by atoms with Crippen molar-refractivity contribution < 1.29 is 19.0 Å². The topological polar surface area (TPSA) is 68.8 Å². The molecule has 2 rings (SSSR count). The van der Waals surface area contributed by atoms with Crippen LogP contribution in [0.2, 0.25) is 0 Å². The summed E-state index contributed by atoms with van der Waals surface area (Å²) in [6, 6.07) is 7.40. The second kappa shape index (κ2) is 9.50. The van der Waals surface area contributed by atoms with E-state index in [1.54, 1.807) is 7.11 Å². The molecule has 0 aromatic heterocycles. The van der Waals surface area contributed by atoms with Gasteiger partial charge in [0.05, 0.1) is 32.0 Å². The maximum absolute atomic E-state index is 12.1. The van der Waals surface area contributed by atoms with Crippen molar-refractivity contribution in [3.05, 3.63) is 29.8 Å². The van der Waals surface area contributed by atoms with Gasteiger partial charge in [-0.3, -0.25) is 0 Å². The number of amides is 2. The lowest BCUT2D eigenvalue weighted by atomic mass is 10.1. The number of carbonyl (C=O) groups is 1. The van der Waals surface area contributed by atoms with Gasteiger partial charge in [-0.05, 0) is 37.5 Å². The van der Waals surface area contributed by atoms with Crippen LogP contribution in [0.5, 0.6) is 0 Å². The summed E-state index contributed by atoms with van der Waals surface area (Å²) < 4.78 is 16.0. The first kappa shape index (κ1) is 17.7. The molecule has 0 radical (unpaired) electrons. The average Bonchev–Trinajstić information content (AvgIpc) is 3.06. The number of urea groups is 1. The van der Waals surface area contributed by atoms with Crippen molar-refractivity contribution in [2.24, 2.45) is 0 Å². The molecule has 0 saturated carbocycles. The van der Waals surface area contributed by atoms with Crippen LogP contribution in [0.25, 0.3) is 0 Å². The van der Waals surface area contributed by atoms with Gasteiger partial charge < -0.3 is 24.8 Å². The minimum absolute atomic E-state index is 0.00180. The summed E-state index contributed by atoms with van der Waals surface area (Å²) in [4.78, 5) is 12.1. The van der Waals surface area contributed by atoms with E-state index >= 15 is 0 Å². The molecule has 1 aliphatic heterocycles. The number of rotatable bonds is 8. The summed E-state index contributed by atoms with van der Waals surface area (Å²) >= 11 is 0. The van der Waals surface area contributed by atoms with Gasteiger partial charge in [0.2, 0.25) is 0 Å². The second-order valence-electron chi connectivity index (χ2n) is 5.68. The fourth-order valence-corrected chi connectivity index (χ4v) is 2.53. The van der Waals surface area contributed by atoms with Gasteiger partial charge in [0.25, 0.3) is 0 Å². The highest BCUT2D eigenvalue weighted by Crippen LogP contribution is 2.16. The molecule has 0 spiro atoms. The van der Waals surface area contributed by atoms with E-state index in [0.717, 1.165) is 30.7 Å². The molecule has 0 bridgehead atoms. The van der Waals surface area contributed by atoms with Crippen LogP contribution in [0.1, 0.15) is 25.3 Å². The SMILES string of the molecule is COCCOCc1cccc(NC(=O)N[C@H](C)[C@@H]2CCCO2)c1. The van der Waals surface area contributed by atoms with Crippen LogP contribution in [0.3, 0.4) is 0 Å². The Morgan fingerprint density at radius 1 is 1.43 bits per heavy atom. The molecule has 6 nitrogen and oxygen atoms in total. The normalized spacial score (nSPS) is 18.6. The standard InChI is InChI=1S/C17H26N2O4/c1-13(16-7-4-8-23-16)18-17(20)19-15-6-3-5-14(11-15)12-22-10-9-21-2/h3,5-6,11,13,16H,4,7-10,12H2,1-2H3,(H2,18,19,20)/t13-,16+/m1/s1. The van der Waals surface area contributed by atoms with Gasteiger partial charge >= 0.3 is 6.03 Å². The Morgan fingerprint density at radius 3 is 3.04 bits per heavy atom. The monoisotopic (exact) mass is 322 g/mol. The predicted molar refractivity (Wildman–Crippen MR) is 88.6 cm³/mol. The van der Waals surface area contributed by atoms with Gasteiger partial charge in [-0.2, -0.15) is 0 Å². The van der Waals surface area contributed by atoms with Crippen LogP contribution < -0.4 is 10.6 Å². The Bertz CT molecular complexity index is 489. The third-order valence-electron chi connectivity index (χ3n) is 3.77. The van der Waals surface area contributed by atoms with Gasteiger partial charge in [-0.15, -0.1) is 0 Å². The molecule has 0 unspecified atom stereocenters. The van der Waals surface area contributed by atoms with E-state index in [4.69, 9.17) is 14.2 Å². The summed E-state index contributed by atoms with van der Waals surface area (Å²) in [5, 5.41) is 5.78. The molecule has 1 aromatic rings. The van der Waals surface area contributed by atoms with Crippen molar-refractivity contribution in [2.45, 2.75) is 38.5 Å². The van der Waals surface area contributed by atoms with Crippen LogP contribution in [-0.4, -0.2) is 45.1 Å². The quantitative estimate of drug-likeness (QED) is 0.722. The van der Waals surface area contributed by atoms with Crippen LogP contribution in [0.15, 0.2) is 24.3 Å². The number of hydrogen-bond acceptors (Lipinski definition) is 4. The number of benzene rings is 1. The Morgan fingerprint density at radius 2 is 2.30 bits per heavy atom. The Hall–Kier alpha value is -1.63. The fourth-order valence-electron chi connectivity index (χ4n) is 2.53. The van der Waals surface area contributed by atoms with Gasteiger partial charge in [0, 0.05) is 19.4 Å². The van der Waals surface area contributed by atoms with E-state index in [-0.39, 0.29) is 18.2 Å². The first-order valence-electron chi connectivity index (χ1n) is 8.04. The molecular formula is C17H26N2O4. The van der Waals surface area contributed by atoms with E-state index < -0.39 is 0 Å². The van der Waals surface area contributed by atoms with Crippen molar-refractivity contribution in [3.63, 3.8) is 0 Å². The molecule has 1 saturated heterocycles. The van der Waals surface area contributed by atoms with Gasteiger partial charge in [0.15, 0.2) is 0 Å². The minimum Gasteiger partial charge on any atom is -0.382 e. The molecule has 1 aliphatic rings. The summed E-state index contributed by atoms with van der Waals surface area (Å²) in [6.07, 6.45) is 2.17. The van der Waals surface area contributed by atoms with E-state index in [2.05, 4.69) is 10.6 Å². The summed E-state index contributed by atoms with van der Waals surface area (Å²) in [5.41, 5.74) is 1.75. The molecule has 2 N–H and O–H groups in total. The Labute approximate surface area is 137 Å².